The van der Waals surface area contributed by atoms with Gasteiger partial charge in [-0.05, 0) is 86.1 Å². The number of likely N-dealkylation sites (tertiary alicyclic amines) is 1. The molecule has 0 aromatic heterocycles. The van der Waals surface area contributed by atoms with Crippen molar-refractivity contribution in [3.8, 4) is 11.8 Å². The number of hydrogen-bond donors (Lipinski definition) is 1. The topological polar surface area (TPSA) is 82.6 Å². The molecule has 2 aromatic carbocycles. The zero-order valence-electron chi connectivity index (χ0n) is 22.6. The minimum absolute atomic E-state index is 0.0816. The first-order chi connectivity index (χ1) is 18.1. The lowest BCUT2D eigenvalue weighted by Gasteiger charge is -2.44. The van der Waals surface area contributed by atoms with Crippen molar-refractivity contribution in [3.63, 3.8) is 0 Å². The zero-order valence-corrected chi connectivity index (χ0v) is 24.2. The second-order valence-electron chi connectivity index (χ2n) is 11.5. The van der Waals surface area contributed by atoms with E-state index in [1.165, 1.54) is 12.8 Å². The molecule has 5 rings (SSSR count). The number of Topliss-reactive ketones (excluding diaryl/α,β-unsaturated/α-hetero) is 1. The molecule has 1 saturated heterocycles. The van der Waals surface area contributed by atoms with Crippen LogP contribution in [-0.2, 0) is 11.3 Å². The van der Waals surface area contributed by atoms with Crippen LogP contribution in [0.15, 0.2) is 63.5 Å². The highest BCUT2D eigenvalue weighted by molar-refractivity contribution is 9.10. The van der Waals surface area contributed by atoms with Gasteiger partial charge in [0.25, 0.3) is 0 Å². The number of carbonyl (C=O) groups is 1. The second kappa shape index (κ2) is 10.2. The summed E-state index contributed by atoms with van der Waals surface area (Å²) >= 11 is 3.55. The van der Waals surface area contributed by atoms with E-state index < -0.39 is 5.92 Å². The fourth-order valence-electron chi connectivity index (χ4n) is 6.27. The summed E-state index contributed by atoms with van der Waals surface area (Å²) in [5.41, 5.74) is 12.5. The van der Waals surface area contributed by atoms with Gasteiger partial charge in [-0.1, -0.05) is 35.8 Å². The molecular weight excluding hydrogens is 540 g/mol. The zero-order chi connectivity index (χ0) is 27.2. The lowest BCUT2D eigenvalue weighted by Crippen LogP contribution is -2.42. The van der Waals surface area contributed by atoms with Crippen molar-refractivity contribution in [2.75, 3.05) is 25.1 Å². The van der Waals surface area contributed by atoms with Crippen LogP contribution in [-0.4, -0.2) is 30.9 Å². The van der Waals surface area contributed by atoms with Crippen molar-refractivity contribution >= 4 is 27.4 Å². The molecule has 7 heteroatoms. The summed E-state index contributed by atoms with van der Waals surface area (Å²) in [7, 11) is 1.69. The third-order valence-electron chi connectivity index (χ3n) is 8.01. The molecule has 1 aliphatic carbocycles. The summed E-state index contributed by atoms with van der Waals surface area (Å²) in [5, 5.41) is 10.5. The van der Waals surface area contributed by atoms with E-state index >= 15 is 0 Å². The van der Waals surface area contributed by atoms with Gasteiger partial charge in [-0.25, -0.2) is 0 Å². The first-order valence-electron chi connectivity index (χ1n) is 13.2. The van der Waals surface area contributed by atoms with E-state index in [1.807, 2.05) is 42.2 Å². The van der Waals surface area contributed by atoms with Gasteiger partial charge in [0.2, 0.25) is 0 Å². The van der Waals surface area contributed by atoms with Gasteiger partial charge in [0.05, 0.1) is 30.4 Å². The number of rotatable bonds is 5. The van der Waals surface area contributed by atoms with Gasteiger partial charge >= 0.3 is 0 Å². The number of allylic oxidation sites excluding steroid dienone is 3. The third-order valence-corrected chi connectivity index (χ3v) is 8.50. The molecule has 0 spiro atoms. The SMILES string of the molecule is COc1ccc([C@@H]2C(C#N)=C(N)N(c3ccc(Br)cc3C)C3=C2C(=O)CC(C)(C)C3)cc1CN1CCCC1. The van der Waals surface area contributed by atoms with Crippen molar-refractivity contribution in [2.24, 2.45) is 11.1 Å². The Hall–Kier alpha value is -3.08. The fraction of sp³-hybridized carbons (Fsp3) is 0.419. The van der Waals surface area contributed by atoms with Crippen LogP contribution in [0.25, 0.3) is 0 Å². The molecule has 2 aromatic rings. The molecule has 6 nitrogen and oxygen atoms in total. The molecule has 2 heterocycles. The Morgan fingerprint density at radius 1 is 1.16 bits per heavy atom. The van der Waals surface area contributed by atoms with E-state index in [1.54, 1.807) is 7.11 Å². The molecule has 1 fully saturated rings. The summed E-state index contributed by atoms with van der Waals surface area (Å²) in [4.78, 5) is 18.3. The number of methoxy groups -OCH3 is 1. The number of halogens is 1. The quantitative estimate of drug-likeness (QED) is 0.451. The first kappa shape index (κ1) is 26.5. The number of anilines is 1. The van der Waals surface area contributed by atoms with Crippen molar-refractivity contribution in [1.82, 2.24) is 4.90 Å². The molecule has 1 atom stereocenters. The average Bonchev–Trinajstić information content (AvgIpc) is 3.36. The lowest BCUT2D eigenvalue weighted by atomic mass is 9.68. The molecule has 2 aliphatic heterocycles. The molecule has 0 saturated carbocycles. The van der Waals surface area contributed by atoms with E-state index in [9.17, 15) is 10.1 Å². The van der Waals surface area contributed by atoms with Crippen molar-refractivity contribution in [3.05, 3.63) is 80.2 Å². The molecule has 0 unspecified atom stereocenters. The van der Waals surface area contributed by atoms with Crippen LogP contribution in [0, 0.1) is 23.7 Å². The Balaban J connectivity index is 1.70. The summed E-state index contributed by atoms with van der Waals surface area (Å²) in [5.74, 6) is 0.792. The molecule has 2 N–H and O–H groups in total. The van der Waals surface area contributed by atoms with Gasteiger partial charge in [0, 0.05) is 34.3 Å². The second-order valence-corrected chi connectivity index (χ2v) is 12.4. The van der Waals surface area contributed by atoms with Gasteiger partial charge in [0.15, 0.2) is 5.78 Å². The van der Waals surface area contributed by atoms with Crippen LogP contribution in [0.4, 0.5) is 5.69 Å². The van der Waals surface area contributed by atoms with E-state index in [-0.39, 0.29) is 11.2 Å². The van der Waals surface area contributed by atoms with Gasteiger partial charge in [0.1, 0.15) is 11.6 Å². The number of carbonyl (C=O) groups excluding carboxylic acids is 1. The molecule has 0 amide bonds. The van der Waals surface area contributed by atoms with Gasteiger partial charge in [-0.2, -0.15) is 5.26 Å². The minimum atomic E-state index is -0.506. The maximum Gasteiger partial charge on any atom is 0.162 e. The van der Waals surface area contributed by atoms with Gasteiger partial charge in [-0.3, -0.25) is 14.6 Å². The van der Waals surface area contributed by atoms with Crippen LogP contribution in [0.2, 0.25) is 0 Å². The number of ketones is 1. The van der Waals surface area contributed by atoms with Crippen molar-refractivity contribution in [2.45, 2.75) is 58.9 Å². The molecule has 198 valence electrons. The number of nitriles is 1. The van der Waals surface area contributed by atoms with Crippen LogP contribution in [0.3, 0.4) is 0 Å². The summed E-state index contributed by atoms with van der Waals surface area (Å²) in [6, 6.07) is 14.5. The lowest BCUT2D eigenvalue weighted by molar-refractivity contribution is -0.118. The average molecular weight is 576 g/mol. The van der Waals surface area contributed by atoms with Crippen molar-refractivity contribution < 1.29 is 9.53 Å². The molecule has 38 heavy (non-hydrogen) atoms. The first-order valence-corrected chi connectivity index (χ1v) is 14.0. The summed E-state index contributed by atoms with van der Waals surface area (Å²) < 4.78 is 6.67. The highest BCUT2D eigenvalue weighted by atomic mass is 79.9. The predicted molar refractivity (Wildman–Crippen MR) is 153 cm³/mol. The molecule has 0 bridgehead atoms. The monoisotopic (exact) mass is 574 g/mol. The number of nitrogens with two attached hydrogens (primary N) is 1. The van der Waals surface area contributed by atoms with E-state index in [2.05, 4.69) is 46.8 Å². The number of benzene rings is 2. The maximum absolute atomic E-state index is 13.9. The molecule has 3 aliphatic rings. The highest BCUT2D eigenvalue weighted by Crippen LogP contribution is 2.51. The van der Waals surface area contributed by atoms with E-state index in [4.69, 9.17) is 10.5 Å². The smallest absolute Gasteiger partial charge is 0.162 e. The third kappa shape index (κ3) is 4.76. The van der Waals surface area contributed by atoms with E-state index in [0.717, 1.165) is 57.9 Å². The normalized spacial score (nSPS) is 21.5. The van der Waals surface area contributed by atoms with Gasteiger partial charge < -0.3 is 10.5 Å². The predicted octanol–water partition coefficient (Wildman–Crippen LogP) is 6.30. The van der Waals surface area contributed by atoms with Crippen LogP contribution in [0.1, 0.15) is 62.1 Å². The largest absolute Gasteiger partial charge is 0.496 e. The fourth-order valence-corrected chi connectivity index (χ4v) is 6.75. The summed E-state index contributed by atoms with van der Waals surface area (Å²) in [6.07, 6.45) is 3.53. The van der Waals surface area contributed by atoms with E-state index in [0.29, 0.717) is 29.8 Å². The highest BCUT2D eigenvalue weighted by Gasteiger charge is 2.45. The Bertz CT molecular complexity index is 1400. The Kier molecular flexibility index (Phi) is 7.15. The number of nitrogens with zero attached hydrogens (tertiary/aromatic N) is 3. The van der Waals surface area contributed by atoms with Crippen LogP contribution >= 0.6 is 15.9 Å². The minimum Gasteiger partial charge on any atom is -0.496 e. The Morgan fingerprint density at radius 2 is 1.89 bits per heavy atom. The number of aryl methyl sites for hydroxylation is 1. The number of hydrogen-bond acceptors (Lipinski definition) is 6. The van der Waals surface area contributed by atoms with Crippen LogP contribution in [0.5, 0.6) is 5.75 Å². The Morgan fingerprint density at radius 3 is 2.55 bits per heavy atom. The summed E-state index contributed by atoms with van der Waals surface area (Å²) in [6.45, 7) is 9.18. The molecular formula is C31H35BrN4O2. The Labute approximate surface area is 233 Å². The van der Waals surface area contributed by atoms with Gasteiger partial charge in [-0.15, -0.1) is 0 Å². The molecule has 0 radical (unpaired) electrons. The number of ether oxygens (including phenoxy) is 1. The maximum atomic E-state index is 13.9. The standard InChI is InChI=1S/C31H35BrN4O2/c1-19-13-22(32)8-9-24(19)36-25-15-31(2,3)16-26(37)29(25)28(23(17-33)30(36)34)20-7-10-27(38-4)21(14-20)18-35-11-5-6-12-35/h7-10,13-14,28H,5-6,11-12,15-16,18,34H2,1-4H3/t28-/m1/s1. The van der Waals surface area contributed by atoms with Crippen LogP contribution < -0.4 is 15.4 Å². The van der Waals surface area contributed by atoms with Crippen molar-refractivity contribution in [1.29, 1.82) is 5.26 Å².